The van der Waals surface area contributed by atoms with Crippen LogP contribution in [0.4, 0.5) is 5.69 Å². The maximum atomic E-state index is 4.25. The zero-order valence-electron chi connectivity index (χ0n) is 10.7. The molecule has 1 heterocycles. The minimum absolute atomic E-state index is 0.855. The van der Waals surface area contributed by atoms with E-state index in [9.17, 15) is 0 Å². The van der Waals surface area contributed by atoms with Gasteiger partial charge in [0.2, 0.25) is 0 Å². The Hall–Kier alpha value is -1.77. The molecule has 0 aliphatic heterocycles. The third-order valence-corrected chi connectivity index (χ3v) is 3.07. The normalized spacial score (nSPS) is 10.5. The fourth-order valence-corrected chi connectivity index (χ4v) is 1.95. The molecule has 3 heteroatoms. The van der Waals surface area contributed by atoms with Crippen LogP contribution < -0.4 is 5.32 Å². The van der Waals surface area contributed by atoms with E-state index in [1.54, 1.807) is 0 Å². The largest absolute Gasteiger partial charge is 0.378 e. The molecule has 3 nitrogen and oxygen atoms in total. The number of benzene rings is 1. The molecule has 17 heavy (non-hydrogen) atoms. The number of aryl methyl sites for hydroxylation is 3. The second-order valence-electron chi connectivity index (χ2n) is 4.31. The van der Waals surface area contributed by atoms with Crippen LogP contribution in [-0.2, 0) is 13.1 Å². The highest BCUT2D eigenvalue weighted by molar-refractivity contribution is 5.42. The van der Waals surface area contributed by atoms with Gasteiger partial charge in [-0.05, 0) is 37.5 Å². The Morgan fingerprint density at radius 3 is 2.53 bits per heavy atom. The van der Waals surface area contributed by atoms with Gasteiger partial charge in [0.1, 0.15) is 0 Å². The Balaban J connectivity index is 2.07. The Labute approximate surface area is 102 Å². The molecule has 2 rings (SSSR count). The van der Waals surface area contributed by atoms with Gasteiger partial charge in [-0.2, -0.15) is 5.10 Å². The lowest BCUT2D eigenvalue weighted by Crippen LogP contribution is -2.02. The molecule has 1 aromatic heterocycles. The van der Waals surface area contributed by atoms with E-state index in [1.807, 2.05) is 17.1 Å². The smallest absolute Gasteiger partial charge is 0.0729 e. The standard InChI is InChI=1S/C14H19N3/c1-4-17-10-13(8-16-17)15-9-14-11(2)6-5-7-12(14)3/h5-8,10,15H,4,9H2,1-3H3. The topological polar surface area (TPSA) is 29.9 Å². The highest BCUT2D eigenvalue weighted by Gasteiger charge is 2.02. The number of anilines is 1. The Morgan fingerprint density at radius 2 is 1.94 bits per heavy atom. The number of nitrogens with zero attached hydrogens (tertiary/aromatic N) is 2. The molecule has 0 unspecified atom stereocenters. The molecular formula is C14H19N3. The van der Waals surface area contributed by atoms with Crippen LogP contribution in [0.25, 0.3) is 0 Å². The van der Waals surface area contributed by atoms with Crippen LogP contribution >= 0.6 is 0 Å². The van der Waals surface area contributed by atoms with Gasteiger partial charge >= 0.3 is 0 Å². The van der Waals surface area contributed by atoms with Crippen LogP contribution in [0.1, 0.15) is 23.6 Å². The molecule has 0 radical (unpaired) electrons. The fourth-order valence-electron chi connectivity index (χ4n) is 1.95. The predicted molar refractivity (Wildman–Crippen MR) is 71.1 cm³/mol. The summed E-state index contributed by atoms with van der Waals surface area (Å²) in [4.78, 5) is 0. The Morgan fingerprint density at radius 1 is 1.24 bits per heavy atom. The van der Waals surface area contributed by atoms with E-state index in [1.165, 1.54) is 16.7 Å². The highest BCUT2D eigenvalue weighted by Crippen LogP contribution is 2.15. The summed E-state index contributed by atoms with van der Waals surface area (Å²) in [6.07, 6.45) is 3.91. The second kappa shape index (κ2) is 5.04. The van der Waals surface area contributed by atoms with Crippen molar-refractivity contribution in [3.63, 3.8) is 0 Å². The Kier molecular flexibility index (Phi) is 3.47. The molecular weight excluding hydrogens is 210 g/mol. The van der Waals surface area contributed by atoms with E-state index >= 15 is 0 Å². The number of hydrogen-bond donors (Lipinski definition) is 1. The summed E-state index contributed by atoms with van der Waals surface area (Å²) < 4.78 is 1.92. The second-order valence-corrected chi connectivity index (χ2v) is 4.31. The first kappa shape index (κ1) is 11.7. The SMILES string of the molecule is CCn1cc(NCc2c(C)cccc2C)cn1. The molecule has 0 aliphatic rings. The zero-order chi connectivity index (χ0) is 12.3. The molecule has 0 bridgehead atoms. The minimum Gasteiger partial charge on any atom is -0.378 e. The monoisotopic (exact) mass is 229 g/mol. The average Bonchev–Trinajstić information content (AvgIpc) is 2.76. The summed E-state index contributed by atoms with van der Waals surface area (Å²) in [5.41, 5.74) is 5.12. The van der Waals surface area contributed by atoms with Gasteiger partial charge in [-0.15, -0.1) is 0 Å². The van der Waals surface area contributed by atoms with Gasteiger partial charge < -0.3 is 5.32 Å². The van der Waals surface area contributed by atoms with Gasteiger partial charge in [0.15, 0.2) is 0 Å². The van der Waals surface area contributed by atoms with Crippen molar-refractivity contribution in [1.29, 1.82) is 0 Å². The van der Waals surface area contributed by atoms with Crippen molar-refractivity contribution >= 4 is 5.69 Å². The first-order valence-electron chi connectivity index (χ1n) is 6.02. The lowest BCUT2D eigenvalue weighted by Gasteiger charge is -2.10. The van der Waals surface area contributed by atoms with E-state index < -0.39 is 0 Å². The Bertz CT molecular complexity index is 480. The lowest BCUT2D eigenvalue weighted by atomic mass is 10.0. The van der Waals surface area contributed by atoms with Crippen LogP contribution in [0, 0.1) is 13.8 Å². The predicted octanol–water partition coefficient (Wildman–Crippen LogP) is 3.13. The summed E-state index contributed by atoms with van der Waals surface area (Å²) in [6, 6.07) is 6.40. The molecule has 1 aromatic carbocycles. The van der Waals surface area contributed by atoms with Crippen molar-refractivity contribution in [2.75, 3.05) is 5.32 Å². The van der Waals surface area contributed by atoms with E-state index in [0.717, 1.165) is 18.8 Å². The first-order chi connectivity index (χ1) is 8.20. The fraction of sp³-hybridized carbons (Fsp3) is 0.357. The summed E-state index contributed by atoms with van der Waals surface area (Å²) in [7, 11) is 0. The third kappa shape index (κ3) is 2.67. The number of nitrogens with one attached hydrogen (secondary N) is 1. The summed E-state index contributed by atoms with van der Waals surface area (Å²) in [5, 5.41) is 7.66. The molecule has 0 saturated heterocycles. The maximum absolute atomic E-state index is 4.25. The average molecular weight is 229 g/mol. The van der Waals surface area contributed by atoms with Gasteiger partial charge in [0.25, 0.3) is 0 Å². The van der Waals surface area contributed by atoms with Crippen molar-refractivity contribution in [3.05, 3.63) is 47.3 Å². The van der Waals surface area contributed by atoms with Crippen molar-refractivity contribution in [1.82, 2.24) is 9.78 Å². The molecule has 0 spiro atoms. The van der Waals surface area contributed by atoms with Gasteiger partial charge in [-0.1, -0.05) is 18.2 Å². The molecule has 2 aromatic rings. The van der Waals surface area contributed by atoms with Crippen LogP contribution in [0.5, 0.6) is 0 Å². The molecule has 0 atom stereocenters. The minimum atomic E-state index is 0.855. The number of aromatic nitrogens is 2. The zero-order valence-corrected chi connectivity index (χ0v) is 10.7. The van der Waals surface area contributed by atoms with Crippen molar-refractivity contribution in [2.45, 2.75) is 33.9 Å². The van der Waals surface area contributed by atoms with Gasteiger partial charge in [-0.3, -0.25) is 4.68 Å². The third-order valence-electron chi connectivity index (χ3n) is 3.07. The lowest BCUT2D eigenvalue weighted by molar-refractivity contribution is 0.660. The summed E-state index contributed by atoms with van der Waals surface area (Å²) in [5.74, 6) is 0. The molecule has 0 aliphatic carbocycles. The molecule has 0 saturated carbocycles. The van der Waals surface area contributed by atoms with Crippen LogP contribution in [0.3, 0.4) is 0 Å². The molecule has 0 amide bonds. The van der Waals surface area contributed by atoms with Crippen molar-refractivity contribution < 1.29 is 0 Å². The van der Waals surface area contributed by atoms with Gasteiger partial charge in [-0.25, -0.2) is 0 Å². The van der Waals surface area contributed by atoms with Crippen LogP contribution in [0.15, 0.2) is 30.6 Å². The van der Waals surface area contributed by atoms with E-state index in [0.29, 0.717) is 0 Å². The van der Waals surface area contributed by atoms with Crippen molar-refractivity contribution in [3.8, 4) is 0 Å². The summed E-state index contributed by atoms with van der Waals surface area (Å²) in [6.45, 7) is 8.15. The number of rotatable bonds is 4. The molecule has 1 N–H and O–H groups in total. The maximum Gasteiger partial charge on any atom is 0.0729 e. The van der Waals surface area contributed by atoms with Crippen molar-refractivity contribution in [2.24, 2.45) is 0 Å². The number of hydrogen-bond acceptors (Lipinski definition) is 2. The molecule has 0 fully saturated rings. The van der Waals surface area contributed by atoms with Crippen LogP contribution in [0.2, 0.25) is 0 Å². The summed E-state index contributed by atoms with van der Waals surface area (Å²) >= 11 is 0. The van der Waals surface area contributed by atoms with Gasteiger partial charge in [0, 0.05) is 19.3 Å². The van der Waals surface area contributed by atoms with E-state index in [4.69, 9.17) is 0 Å². The highest BCUT2D eigenvalue weighted by atomic mass is 15.3. The van der Waals surface area contributed by atoms with Gasteiger partial charge in [0.05, 0.1) is 11.9 Å². The van der Waals surface area contributed by atoms with E-state index in [2.05, 4.69) is 49.4 Å². The quantitative estimate of drug-likeness (QED) is 0.873. The molecule has 90 valence electrons. The first-order valence-corrected chi connectivity index (χ1v) is 6.02. The van der Waals surface area contributed by atoms with Crippen LogP contribution in [-0.4, -0.2) is 9.78 Å². The van der Waals surface area contributed by atoms with E-state index in [-0.39, 0.29) is 0 Å².